The summed E-state index contributed by atoms with van der Waals surface area (Å²) in [7, 11) is 0. The van der Waals surface area contributed by atoms with Crippen LogP contribution in [0.2, 0.25) is 0 Å². The minimum absolute atomic E-state index is 0.148. The van der Waals surface area contributed by atoms with E-state index < -0.39 is 0 Å². The summed E-state index contributed by atoms with van der Waals surface area (Å²) in [5.74, 6) is 0.148. The van der Waals surface area contributed by atoms with E-state index in [1.165, 1.54) is 0 Å². The van der Waals surface area contributed by atoms with Gasteiger partial charge in [-0.05, 0) is 55.7 Å². The lowest BCUT2D eigenvalue weighted by Gasteiger charge is -2.02. The number of hydrogen-bond acceptors (Lipinski definition) is 3. The fourth-order valence-electron chi connectivity index (χ4n) is 1.65. The van der Waals surface area contributed by atoms with Crippen LogP contribution in [0.3, 0.4) is 0 Å². The van der Waals surface area contributed by atoms with E-state index >= 15 is 0 Å². The topological polar surface area (TPSA) is 45.0 Å². The molecule has 0 aliphatic carbocycles. The van der Waals surface area contributed by atoms with Crippen LogP contribution in [0.15, 0.2) is 46.6 Å². The molecule has 0 aliphatic heterocycles. The van der Waals surface area contributed by atoms with Gasteiger partial charge in [0.1, 0.15) is 11.4 Å². The number of nitrogens with zero attached hydrogens (tertiary/aromatic N) is 2. The molecule has 18 heavy (non-hydrogen) atoms. The second-order valence-corrected chi connectivity index (χ2v) is 4.48. The standard InChI is InChI=1S/C15H16N2O/c1-10-4-6-12(3)13(8-10)16-17-14-9-11(2)5-7-15(14)18/h4-9,18H,1-3H3. The van der Waals surface area contributed by atoms with Crippen LogP contribution in [0.5, 0.6) is 5.75 Å². The molecule has 0 unspecified atom stereocenters. The third kappa shape index (κ3) is 2.74. The number of benzene rings is 2. The highest BCUT2D eigenvalue weighted by Crippen LogP contribution is 2.29. The van der Waals surface area contributed by atoms with Crippen LogP contribution in [0, 0.1) is 20.8 Å². The molecule has 0 fully saturated rings. The summed E-state index contributed by atoms with van der Waals surface area (Å²) in [5.41, 5.74) is 4.58. The first-order valence-corrected chi connectivity index (χ1v) is 5.85. The summed E-state index contributed by atoms with van der Waals surface area (Å²) < 4.78 is 0. The Labute approximate surface area is 107 Å². The lowest BCUT2D eigenvalue weighted by Crippen LogP contribution is -1.76. The second-order valence-electron chi connectivity index (χ2n) is 4.48. The number of rotatable bonds is 2. The van der Waals surface area contributed by atoms with Crippen molar-refractivity contribution in [3.05, 3.63) is 53.1 Å². The molecule has 0 amide bonds. The minimum Gasteiger partial charge on any atom is -0.506 e. The summed E-state index contributed by atoms with van der Waals surface area (Å²) >= 11 is 0. The average molecular weight is 240 g/mol. The van der Waals surface area contributed by atoms with Gasteiger partial charge in [-0.25, -0.2) is 0 Å². The molecule has 2 aromatic rings. The number of azo groups is 1. The van der Waals surface area contributed by atoms with Crippen LogP contribution in [-0.2, 0) is 0 Å². The van der Waals surface area contributed by atoms with E-state index in [0.29, 0.717) is 5.69 Å². The molecule has 1 N–H and O–H groups in total. The summed E-state index contributed by atoms with van der Waals surface area (Å²) in [4.78, 5) is 0. The molecule has 3 nitrogen and oxygen atoms in total. The van der Waals surface area contributed by atoms with Crippen molar-refractivity contribution in [3.63, 3.8) is 0 Å². The van der Waals surface area contributed by atoms with Gasteiger partial charge < -0.3 is 5.11 Å². The Kier molecular flexibility index (Phi) is 3.42. The molecular formula is C15H16N2O. The van der Waals surface area contributed by atoms with Gasteiger partial charge in [-0.3, -0.25) is 0 Å². The maximum absolute atomic E-state index is 9.68. The van der Waals surface area contributed by atoms with Crippen molar-refractivity contribution in [2.75, 3.05) is 0 Å². The summed E-state index contributed by atoms with van der Waals surface area (Å²) in [6.07, 6.45) is 0. The Bertz CT molecular complexity index is 550. The average Bonchev–Trinajstić information content (AvgIpc) is 2.34. The largest absolute Gasteiger partial charge is 0.506 e. The van der Waals surface area contributed by atoms with Crippen LogP contribution in [0.1, 0.15) is 16.7 Å². The molecule has 0 saturated heterocycles. The maximum atomic E-state index is 9.68. The van der Waals surface area contributed by atoms with E-state index in [-0.39, 0.29) is 5.75 Å². The van der Waals surface area contributed by atoms with Gasteiger partial charge in [-0.1, -0.05) is 18.2 Å². The molecule has 0 aliphatic rings. The first-order chi connectivity index (χ1) is 8.56. The monoisotopic (exact) mass is 240 g/mol. The van der Waals surface area contributed by atoms with E-state index in [1.807, 2.05) is 51.1 Å². The molecular weight excluding hydrogens is 224 g/mol. The normalized spacial score (nSPS) is 11.1. The number of phenolic OH excluding ortho intramolecular Hbond substituents is 1. The maximum Gasteiger partial charge on any atom is 0.143 e. The van der Waals surface area contributed by atoms with Crippen LogP contribution in [0.4, 0.5) is 11.4 Å². The number of hydrogen-bond donors (Lipinski definition) is 1. The van der Waals surface area contributed by atoms with Crippen LogP contribution < -0.4 is 0 Å². The number of aryl methyl sites for hydroxylation is 3. The van der Waals surface area contributed by atoms with Gasteiger partial charge in [0, 0.05) is 0 Å². The van der Waals surface area contributed by atoms with Crippen molar-refractivity contribution in [2.45, 2.75) is 20.8 Å². The van der Waals surface area contributed by atoms with Gasteiger partial charge in [0.05, 0.1) is 5.69 Å². The van der Waals surface area contributed by atoms with Gasteiger partial charge in [-0.15, -0.1) is 5.11 Å². The Morgan fingerprint density at radius 3 is 2.06 bits per heavy atom. The van der Waals surface area contributed by atoms with Crippen molar-refractivity contribution in [3.8, 4) is 5.75 Å². The highest BCUT2D eigenvalue weighted by Gasteiger charge is 2.01. The van der Waals surface area contributed by atoms with E-state index in [0.717, 1.165) is 22.4 Å². The molecule has 92 valence electrons. The summed E-state index contributed by atoms with van der Waals surface area (Å²) in [6, 6.07) is 11.3. The fourth-order valence-corrected chi connectivity index (χ4v) is 1.65. The third-order valence-electron chi connectivity index (χ3n) is 2.76. The first-order valence-electron chi connectivity index (χ1n) is 5.85. The molecule has 3 heteroatoms. The second kappa shape index (κ2) is 5.00. The number of aromatic hydroxyl groups is 1. The van der Waals surface area contributed by atoms with Gasteiger partial charge >= 0.3 is 0 Å². The quantitative estimate of drug-likeness (QED) is 0.757. The highest BCUT2D eigenvalue weighted by molar-refractivity contribution is 5.53. The van der Waals surface area contributed by atoms with Crippen LogP contribution in [0.25, 0.3) is 0 Å². The summed E-state index contributed by atoms with van der Waals surface area (Å²) in [5, 5.41) is 18.0. The smallest absolute Gasteiger partial charge is 0.143 e. The zero-order chi connectivity index (χ0) is 13.1. The van der Waals surface area contributed by atoms with Gasteiger partial charge in [-0.2, -0.15) is 5.11 Å². The Hall–Kier alpha value is -2.16. The highest BCUT2D eigenvalue weighted by atomic mass is 16.3. The van der Waals surface area contributed by atoms with Gasteiger partial charge in [0.2, 0.25) is 0 Å². The van der Waals surface area contributed by atoms with E-state index in [2.05, 4.69) is 10.2 Å². The SMILES string of the molecule is Cc1ccc(C)c(N=Nc2cc(C)ccc2O)c1. The predicted molar refractivity (Wildman–Crippen MR) is 72.9 cm³/mol. The summed E-state index contributed by atoms with van der Waals surface area (Å²) in [6.45, 7) is 5.96. The molecule has 0 spiro atoms. The Morgan fingerprint density at radius 2 is 1.33 bits per heavy atom. The molecule has 0 radical (unpaired) electrons. The van der Waals surface area contributed by atoms with Crippen LogP contribution >= 0.6 is 0 Å². The van der Waals surface area contributed by atoms with Crippen molar-refractivity contribution in [1.29, 1.82) is 0 Å². The zero-order valence-corrected chi connectivity index (χ0v) is 10.8. The van der Waals surface area contributed by atoms with Gasteiger partial charge in [0.15, 0.2) is 0 Å². The molecule has 2 rings (SSSR count). The molecule has 0 heterocycles. The lowest BCUT2D eigenvalue weighted by molar-refractivity contribution is 0.476. The molecule has 0 saturated carbocycles. The number of phenols is 1. The molecule has 0 aromatic heterocycles. The van der Waals surface area contributed by atoms with Crippen molar-refractivity contribution < 1.29 is 5.11 Å². The molecule has 2 aromatic carbocycles. The molecule has 0 atom stereocenters. The van der Waals surface area contributed by atoms with Crippen molar-refractivity contribution in [1.82, 2.24) is 0 Å². The van der Waals surface area contributed by atoms with Crippen LogP contribution in [-0.4, -0.2) is 5.11 Å². The van der Waals surface area contributed by atoms with Gasteiger partial charge in [0.25, 0.3) is 0 Å². The predicted octanol–water partition coefficient (Wildman–Crippen LogP) is 4.73. The Morgan fingerprint density at radius 1 is 0.778 bits per heavy atom. The lowest BCUT2D eigenvalue weighted by atomic mass is 10.1. The fraction of sp³-hybridized carbons (Fsp3) is 0.200. The van der Waals surface area contributed by atoms with E-state index in [1.54, 1.807) is 6.07 Å². The third-order valence-corrected chi connectivity index (χ3v) is 2.76. The van der Waals surface area contributed by atoms with Crippen molar-refractivity contribution in [2.24, 2.45) is 10.2 Å². The zero-order valence-electron chi connectivity index (χ0n) is 10.8. The van der Waals surface area contributed by atoms with E-state index in [4.69, 9.17) is 0 Å². The van der Waals surface area contributed by atoms with E-state index in [9.17, 15) is 5.11 Å². The Balaban J connectivity index is 2.35. The minimum atomic E-state index is 0.148. The molecule has 0 bridgehead atoms. The van der Waals surface area contributed by atoms with Crippen molar-refractivity contribution >= 4 is 11.4 Å². The first kappa shape index (κ1) is 12.3.